The number of carbonyl (C=O) groups excluding carboxylic acids is 1. The third-order valence-corrected chi connectivity index (χ3v) is 5.66. The number of hydrogen-bond acceptors (Lipinski definition) is 5. The van der Waals surface area contributed by atoms with Gasteiger partial charge in [0.2, 0.25) is 0 Å². The number of rotatable bonds is 6. The van der Waals surface area contributed by atoms with Crippen molar-refractivity contribution in [2.45, 2.75) is 52.1 Å². The molecule has 2 aromatic heterocycles. The van der Waals surface area contributed by atoms with E-state index in [4.69, 9.17) is 14.7 Å². The highest BCUT2D eigenvalue weighted by atomic mass is 16.5. The Labute approximate surface area is 189 Å². The lowest BCUT2D eigenvalue weighted by Gasteiger charge is -2.25. The van der Waals surface area contributed by atoms with Gasteiger partial charge in [0.25, 0.3) is 5.91 Å². The average Bonchev–Trinajstić information content (AvgIpc) is 3.23. The summed E-state index contributed by atoms with van der Waals surface area (Å²) in [5.41, 5.74) is 2.76. The molecule has 168 valence electrons. The summed E-state index contributed by atoms with van der Waals surface area (Å²) in [7, 11) is 0. The van der Waals surface area contributed by atoms with E-state index in [1.807, 2.05) is 18.2 Å². The Bertz CT molecular complexity index is 1050. The molecule has 0 saturated carbocycles. The summed E-state index contributed by atoms with van der Waals surface area (Å²) >= 11 is 0. The summed E-state index contributed by atoms with van der Waals surface area (Å²) in [5.74, 6) is 1.51. The van der Waals surface area contributed by atoms with Gasteiger partial charge in [0, 0.05) is 36.9 Å². The van der Waals surface area contributed by atoms with Gasteiger partial charge in [0.1, 0.15) is 17.2 Å². The maximum Gasteiger partial charge on any atom is 0.251 e. The molecule has 1 aliphatic rings. The molecule has 3 heterocycles. The van der Waals surface area contributed by atoms with Gasteiger partial charge in [-0.05, 0) is 30.9 Å². The maximum absolute atomic E-state index is 12.3. The summed E-state index contributed by atoms with van der Waals surface area (Å²) in [5, 5.41) is 2.91. The minimum absolute atomic E-state index is 0.0852. The number of amides is 1. The van der Waals surface area contributed by atoms with Gasteiger partial charge < -0.3 is 14.6 Å². The number of carbonyl (C=O) groups is 1. The normalized spacial score (nSPS) is 15.0. The van der Waals surface area contributed by atoms with Gasteiger partial charge in [-0.2, -0.15) is 0 Å². The Balaban J connectivity index is 1.52. The maximum atomic E-state index is 12.3. The minimum Gasteiger partial charge on any atom is -0.381 e. The van der Waals surface area contributed by atoms with Crippen molar-refractivity contribution in [1.82, 2.24) is 24.8 Å². The fourth-order valence-corrected chi connectivity index (χ4v) is 3.96. The third-order valence-electron chi connectivity index (χ3n) is 5.66. The number of nitrogens with zero attached hydrogens (tertiary/aromatic N) is 4. The van der Waals surface area contributed by atoms with Crippen LogP contribution in [0.15, 0.2) is 48.9 Å². The first kappa shape index (κ1) is 22.1. The molecular formula is C25H31N5O2. The number of nitrogens with one attached hydrogen (secondary N) is 1. The molecule has 0 unspecified atom stereocenters. The molecule has 4 rings (SSSR count). The molecule has 0 atom stereocenters. The van der Waals surface area contributed by atoms with Crippen LogP contribution in [0.1, 0.15) is 55.5 Å². The third kappa shape index (κ3) is 5.40. The molecule has 7 nitrogen and oxygen atoms in total. The molecule has 0 spiro atoms. The highest BCUT2D eigenvalue weighted by Gasteiger charge is 2.25. The topological polar surface area (TPSA) is 81.9 Å². The van der Waals surface area contributed by atoms with Gasteiger partial charge in [-0.15, -0.1) is 0 Å². The van der Waals surface area contributed by atoms with Crippen molar-refractivity contribution in [3.05, 3.63) is 66.0 Å². The van der Waals surface area contributed by atoms with E-state index >= 15 is 0 Å². The van der Waals surface area contributed by atoms with Crippen LogP contribution in [0.2, 0.25) is 0 Å². The number of imidazole rings is 1. The van der Waals surface area contributed by atoms with E-state index in [0.717, 1.165) is 44.1 Å². The highest BCUT2D eigenvalue weighted by Crippen LogP contribution is 2.28. The first-order chi connectivity index (χ1) is 15.4. The van der Waals surface area contributed by atoms with Gasteiger partial charge in [-0.25, -0.2) is 9.97 Å². The van der Waals surface area contributed by atoms with Crippen LogP contribution in [0, 0.1) is 5.92 Å². The lowest BCUT2D eigenvalue weighted by atomic mass is 9.94. The van der Waals surface area contributed by atoms with Gasteiger partial charge in [0.15, 0.2) is 0 Å². The van der Waals surface area contributed by atoms with Crippen LogP contribution in [0.25, 0.3) is 11.4 Å². The summed E-state index contributed by atoms with van der Waals surface area (Å²) in [6.07, 6.45) is 7.65. The van der Waals surface area contributed by atoms with Crippen molar-refractivity contribution in [2.75, 3.05) is 13.2 Å². The molecular weight excluding hydrogens is 402 g/mol. The van der Waals surface area contributed by atoms with E-state index in [1.165, 1.54) is 0 Å². The van der Waals surface area contributed by atoms with Crippen molar-refractivity contribution in [1.29, 1.82) is 0 Å². The Morgan fingerprint density at radius 1 is 1.09 bits per heavy atom. The minimum atomic E-state index is -0.131. The van der Waals surface area contributed by atoms with Crippen LogP contribution < -0.4 is 5.32 Å². The molecule has 0 radical (unpaired) electrons. The lowest BCUT2D eigenvalue weighted by Crippen LogP contribution is -2.24. The van der Waals surface area contributed by atoms with E-state index in [2.05, 4.69) is 41.8 Å². The van der Waals surface area contributed by atoms with Crippen LogP contribution in [-0.2, 0) is 23.2 Å². The Hall–Kier alpha value is -3.06. The quantitative estimate of drug-likeness (QED) is 0.636. The average molecular weight is 434 g/mol. The van der Waals surface area contributed by atoms with E-state index in [0.29, 0.717) is 29.4 Å². The zero-order valence-corrected chi connectivity index (χ0v) is 19.0. The van der Waals surface area contributed by atoms with Crippen molar-refractivity contribution in [3.63, 3.8) is 0 Å². The molecule has 7 heteroatoms. The molecule has 0 aliphatic carbocycles. The Morgan fingerprint density at radius 3 is 2.56 bits per heavy atom. The standard InChI is InChI=1S/C25H31N5O2/c1-25(2,3)24-29-22(17-30(24)16-18-9-11-32-12-10-18)21-15-26-13-20(28-21)14-27-23(31)19-7-5-4-6-8-19/h4-8,13,15,17-18H,9-12,14,16H2,1-3H3,(H,27,31). The second kappa shape index (κ2) is 9.61. The van der Waals surface area contributed by atoms with E-state index in [1.54, 1.807) is 24.5 Å². The number of benzene rings is 1. The molecule has 1 amide bonds. The molecule has 1 fully saturated rings. The van der Waals surface area contributed by atoms with Crippen molar-refractivity contribution in [2.24, 2.45) is 5.92 Å². The van der Waals surface area contributed by atoms with Crippen LogP contribution in [0.5, 0.6) is 0 Å². The van der Waals surface area contributed by atoms with Crippen LogP contribution >= 0.6 is 0 Å². The number of aromatic nitrogens is 4. The van der Waals surface area contributed by atoms with E-state index < -0.39 is 0 Å². The van der Waals surface area contributed by atoms with Crippen molar-refractivity contribution < 1.29 is 9.53 Å². The summed E-state index contributed by atoms with van der Waals surface area (Å²) < 4.78 is 7.79. The number of hydrogen-bond donors (Lipinski definition) is 1. The Kier molecular flexibility index (Phi) is 6.65. The second-order valence-corrected chi connectivity index (χ2v) is 9.35. The van der Waals surface area contributed by atoms with Crippen molar-refractivity contribution in [3.8, 4) is 11.4 Å². The van der Waals surface area contributed by atoms with Gasteiger partial charge in [-0.3, -0.25) is 9.78 Å². The van der Waals surface area contributed by atoms with Crippen LogP contribution in [0.4, 0.5) is 0 Å². The monoisotopic (exact) mass is 433 g/mol. The fraction of sp³-hybridized carbons (Fsp3) is 0.440. The SMILES string of the molecule is CC(C)(C)c1nc(-c2cncc(CNC(=O)c3ccccc3)n2)cn1CC1CCOCC1. The summed E-state index contributed by atoms with van der Waals surface area (Å²) in [6, 6.07) is 9.16. The van der Waals surface area contributed by atoms with E-state index in [9.17, 15) is 4.79 Å². The summed E-state index contributed by atoms with van der Waals surface area (Å²) in [6.45, 7) is 9.45. The molecule has 1 saturated heterocycles. The fourth-order valence-electron chi connectivity index (χ4n) is 3.96. The highest BCUT2D eigenvalue weighted by molar-refractivity contribution is 5.94. The zero-order valence-electron chi connectivity index (χ0n) is 19.0. The van der Waals surface area contributed by atoms with Gasteiger partial charge in [0.05, 0.1) is 24.6 Å². The second-order valence-electron chi connectivity index (χ2n) is 9.35. The first-order valence-electron chi connectivity index (χ1n) is 11.2. The van der Waals surface area contributed by atoms with Crippen molar-refractivity contribution >= 4 is 5.91 Å². The molecule has 3 aromatic rings. The summed E-state index contributed by atoms with van der Waals surface area (Å²) in [4.78, 5) is 26.3. The predicted molar refractivity (Wildman–Crippen MR) is 123 cm³/mol. The largest absolute Gasteiger partial charge is 0.381 e. The van der Waals surface area contributed by atoms with Gasteiger partial charge in [-0.1, -0.05) is 39.0 Å². The Morgan fingerprint density at radius 2 is 1.84 bits per heavy atom. The van der Waals surface area contributed by atoms with Crippen LogP contribution in [0.3, 0.4) is 0 Å². The first-order valence-corrected chi connectivity index (χ1v) is 11.2. The molecule has 1 aromatic carbocycles. The van der Waals surface area contributed by atoms with Gasteiger partial charge >= 0.3 is 0 Å². The smallest absolute Gasteiger partial charge is 0.251 e. The molecule has 1 N–H and O–H groups in total. The number of ether oxygens (including phenoxy) is 1. The zero-order chi connectivity index (χ0) is 22.6. The molecule has 0 bridgehead atoms. The van der Waals surface area contributed by atoms with E-state index in [-0.39, 0.29) is 11.3 Å². The molecule has 1 aliphatic heterocycles. The van der Waals surface area contributed by atoms with Crippen LogP contribution in [-0.4, -0.2) is 38.6 Å². The lowest BCUT2D eigenvalue weighted by molar-refractivity contribution is 0.0607. The predicted octanol–water partition coefficient (Wildman–Crippen LogP) is 3.99. The molecule has 32 heavy (non-hydrogen) atoms.